The molecule has 1 aliphatic heterocycles. The maximum Gasteiger partial charge on any atom is 0.161 e. The number of aliphatic imine (C=N–C) groups is 3. The number of nitrogens with zero attached hydrogens (tertiary/aromatic N) is 6. The maximum absolute atomic E-state index is 5.62. The van der Waals surface area contributed by atoms with Gasteiger partial charge >= 0.3 is 0 Å². The van der Waals surface area contributed by atoms with Crippen molar-refractivity contribution in [3.63, 3.8) is 0 Å². The van der Waals surface area contributed by atoms with Crippen molar-refractivity contribution in [2.45, 2.75) is 13.1 Å². The van der Waals surface area contributed by atoms with E-state index < -0.39 is 0 Å². The summed E-state index contributed by atoms with van der Waals surface area (Å²) in [6.07, 6.45) is 3.37. The fourth-order valence-corrected chi connectivity index (χ4v) is 8.54. The van der Waals surface area contributed by atoms with E-state index in [1.54, 1.807) is 6.20 Å². The second-order valence-electron chi connectivity index (χ2n) is 14.2. The number of aromatic nitrogens is 2. The Balaban J connectivity index is 1.29. The van der Waals surface area contributed by atoms with Gasteiger partial charge in [-0.2, -0.15) is 0 Å². The Labute approximate surface area is 325 Å². The first-order valence-electron chi connectivity index (χ1n) is 18.9. The first kappa shape index (κ1) is 33.3. The zero-order chi connectivity index (χ0) is 37.8. The van der Waals surface area contributed by atoms with Gasteiger partial charge < -0.3 is 14.0 Å². The lowest BCUT2D eigenvalue weighted by Gasteiger charge is -2.34. The second-order valence-corrected chi connectivity index (χ2v) is 14.2. The Morgan fingerprint density at radius 2 is 1.09 bits per heavy atom. The summed E-state index contributed by atoms with van der Waals surface area (Å²) in [5, 5.41) is 4.71. The normalized spacial score (nSPS) is 14.6. The van der Waals surface area contributed by atoms with E-state index in [0.717, 1.165) is 72.5 Å². The molecule has 1 aliphatic rings. The first-order chi connectivity index (χ1) is 27.6. The van der Waals surface area contributed by atoms with Crippen molar-refractivity contribution in [1.82, 2.24) is 14.0 Å². The van der Waals surface area contributed by atoms with Gasteiger partial charge in [0.15, 0.2) is 12.0 Å². The van der Waals surface area contributed by atoms with Crippen molar-refractivity contribution >= 4 is 68.1 Å². The van der Waals surface area contributed by atoms with E-state index in [4.69, 9.17) is 9.98 Å². The van der Waals surface area contributed by atoms with Crippen LogP contribution in [-0.4, -0.2) is 39.5 Å². The van der Waals surface area contributed by atoms with Gasteiger partial charge in [-0.3, -0.25) is 4.99 Å². The van der Waals surface area contributed by atoms with Crippen molar-refractivity contribution in [2.75, 3.05) is 7.05 Å². The molecule has 0 N–H and O–H groups in total. The van der Waals surface area contributed by atoms with Crippen LogP contribution in [0.15, 0.2) is 185 Å². The van der Waals surface area contributed by atoms with Gasteiger partial charge in [-0.05, 0) is 79.4 Å². The Morgan fingerprint density at radius 1 is 0.571 bits per heavy atom. The summed E-state index contributed by atoms with van der Waals surface area (Å²) in [7, 11) is 2.12. The minimum Gasteiger partial charge on any atom is -0.333 e. The quantitative estimate of drug-likeness (QED) is 0.151. The van der Waals surface area contributed by atoms with E-state index in [2.05, 4.69) is 204 Å². The molecule has 0 bridgehead atoms. The van der Waals surface area contributed by atoms with Crippen LogP contribution >= 0.6 is 0 Å². The predicted molar refractivity (Wildman–Crippen MR) is 235 cm³/mol. The van der Waals surface area contributed by atoms with E-state index >= 15 is 0 Å². The number of benzene rings is 7. The Hall–Kier alpha value is -7.31. The molecule has 268 valence electrons. The molecular weight excluding hydrogens is 685 g/mol. The van der Waals surface area contributed by atoms with Gasteiger partial charge in [0.25, 0.3) is 0 Å². The lowest BCUT2D eigenvalue weighted by Crippen LogP contribution is -2.36. The lowest BCUT2D eigenvalue weighted by molar-refractivity contribution is 0.381. The number of fused-ring (bicyclic) bond motifs is 6. The number of hydrogen-bond acceptors (Lipinski definition) is 4. The van der Waals surface area contributed by atoms with E-state index in [-0.39, 0.29) is 6.17 Å². The molecule has 0 aliphatic carbocycles. The minimum absolute atomic E-state index is 0.378. The molecule has 7 aromatic carbocycles. The second kappa shape index (κ2) is 13.5. The molecule has 56 heavy (non-hydrogen) atoms. The van der Waals surface area contributed by atoms with Gasteiger partial charge in [-0.25, -0.2) is 9.98 Å². The lowest BCUT2D eigenvalue weighted by atomic mass is 9.98. The molecular formula is C50H38N6. The summed E-state index contributed by atoms with van der Waals surface area (Å²) in [6, 6.07) is 58.0. The summed E-state index contributed by atoms with van der Waals surface area (Å²) < 4.78 is 4.74. The molecule has 2 aromatic heterocycles. The standard InChI is InChI=1S/C50H38N6/c1-33-34(31-32-51-2)17-14-24-37(33)49-52-48(42-27-15-25-40-38-22-10-12-29-44(38)55(46(40)42)35-18-6-4-7-19-35)53-50(54(49)3)43-28-16-26-41-39-23-11-13-30-45(39)56(47(41)43)36-20-8-5-9-21-36/h4-32,49H,2H2,1,3H3/b32-31-. The van der Waals surface area contributed by atoms with E-state index in [1.807, 2.05) is 6.08 Å². The molecule has 10 rings (SSSR count). The molecule has 1 unspecified atom stereocenters. The summed E-state index contributed by atoms with van der Waals surface area (Å²) in [6.45, 7) is 5.83. The smallest absolute Gasteiger partial charge is 0.161 e. The molecule has 6 heteroatoms. The van der Waals surface area contributed by atoms with Crippen LogP contribution in [0, 0.1) is 6.92 Å². The first-order valence-corrected chi connectivity index (χ1v) is 18.9. The van der Waals surface area contributed by atoms with Crippen LogP contribution in [0.25, 0.3) is 61.1 Å². The fraction of sp³-hybridized carbons (Fsp3) is 0.0600. The van der Waals surface area contributed by atoms with Crippen LogP contribution in [-0.2, 0) is 0 Å². The predicted octanol–water partition coefficient (Wildman–Crippen LogP) is 11.7. The van der Waals surface area contributed by atoms with Crippen molar-refractivity contribution in [3.8, 4) is 11.4 Å². The summed E-state index contributed by atoms with van der Waals surface area (Å²) in [5.41, 5.74) is 11.9. The molecule has 9 aromatic rings. The number of amidine groups is 2. The van der Waals surface area contributed by atoms with E-state index in [9.17, 15) is 0 Å². The topological polar surface area (TPSA) is 50.2 Å². The highest BCUT2D eigenvalue weighted by molar-refractivity contribution is 6.24. The van der Waals surface area contributed by atoms with Crippen molar-refractivity contribution in [2.24, 2.45) is 15.0 Å². The molecule has 0 spiro atoms. The van der Waals surface area contributed by atoms with Crippen LogP contribution in [0.5, 0.6) is 0 Å². The highest BCUT2D eigenvalue weighted by atomic mass is 15.3. The zero-order valence-corrected chi connectivity index (χ0v) is 31.2. The van der Waals surface area contributed by atoms with Crippen LogP contribution in [0.3, 0.4) is 0 Å². The Bertz CT molecular complexity index is 3070. The summed E-state index contributed by atoms with van der Waals surface area (Å²) in [4.78, 5) is 17.5. The fourth-order valence-electron chi connectivity index (χ4n) is 8.54. The van der Waals surface area contributed by atoms with Gasteiger partial charge in [0.1, 0.15) is 5.84 Å². The number of rotatable bonds is 7. The molecule has 0 radical (unpaired) electrons. The third-order valence-electron chi connectivity index (χ3n) is 11.1. The zero-order valence-electron chi connectivity index (χ0n) is 31.2. The summed E-state index contributed by atoms with van der Waals surface area (Å²) in [5.74, 6) is 1.53. The van der Waals surface area contributed by atoms with Crippen molar-refractivity contribution in [1.29, 1.82) is 0 Å². The minimum atomic E-state index is -0.378. The third-order valence-corrected chi connectivity index (χ3v) is 11.1. The van der Waals surface area contributed by atoms with Gasteiger partial charge in [0.2, 0.25) is 0 Å². The largest absolute Gasteiger partial charge is 0.333 e. The SMILES string of the molecule is C=N/C=C\c1cccc(C2N=C(c3cccc4c5ccccc5n(-c5ccccc5)c34)N=C(c3cccc4c5ccccc5n(-c5ccccc5)c34)N2C)c1C. The Kier molecular flexibility index (Phi) is 8.03. The van der Waals surface area contributed by atoms with Crippen molar-refractivity contribution in [3.05, 3.63) is 198 Å². The molecule has 1 atom stereocenters. The van der Waals surface area contributed by atoms with Crippen LogP contribution < -0.4 is 0 Å². The summed E-state index contributed by atoms with van der Waals surface area (Å²) >= 11 is 0. The third kappa shape index (κ3) is 5.22. The average molecular weight is 723 g/mol. The van der Waals surface area contributed by atoms with Crippen LogP contribution in [0.2, 0.25) is 0 Å². The molecule has 0 saturated heterocycles. The van der Waals surface area contributed by atoms with Crippen LogP contribution in [0.1, 0.15) is 34.0 Å². The monoisotopic (exact) mass is 722 g/mol. The Morgan fingerprint density at radius 3 is 1.70 bits per heavy atom. The van der Waals surface area contributed by atoms with Crippen LogP contribution in [0.4, 0.5) is 0 Å². The van der Waals surface area contributed by atoms with Gasteiger partial charge in [-0.15, -0.1) is 0 Å². The van der Waals surface area contributed by atoms with Gasteiger partial charge in [0.05, 0.1) is 22.1 Å². The van der Waals surface area contributed by atoms with Crippen molar-refractivity contribution < 1.29 is 0 Å². The average Bonchev–Trinajstić information content (AvgIpc) is 3.78. The molecule has 6 nitrogen and oxygen atoms in total. The number of para-hydroxylation sites is 6. The highest BCUT2D eigenvalue weighted by Gasteiger charge is 2.31. The highest BCUT2D eigenvalue weighted by Crippen LogP contribution is 2.40. The van der Waals surface area contributed by atoms with E-state index in [1.165, 1.54) is 16.2 Å². The maximum atomic E-state index is 5.62. The van der Waals surface area contributed by atoms with Gasteiger partial charge in [-0.1, -0.05) is 115 Å². The molecule has 0 saturated carbocycles. The number of hydrogen-bond donors (Lipinski definition) is 0. The van der Waals surface area contributed by atoms with Gasteiger partial charge in [0, 0.05) is 62.9 Å². The molecule has 3 heterocycles. The molecule has 0 fully saturated rings. The van der Waals surface area contributed by atoms with E-state index in [0.29, 0.717) is 5.84 Å². The molecule has 0 amide bonds.